The lowest BCUT2D eigenvalue weighted by molar-refractivity contribution is -0.126. The number of rotatable bonds is 4. The number of hydrogen-bond donors (Lipinski definition) is 1. The molecule has 1 saturated heterocycles. The molecule has 0 unspecified atom stereocenters. The van der Waals surface area contributed by atoms with Crippen LogP contribution in [0.5, 0.6) is 0 Å². The Balaban J connectivity index is 1.49. The van der Waals surface area contributed by atoms with E-state index in [1.165, 1.54) is 6.20 Å². The molecule has 3 heterocycles. The molecule has 3 rings (SSSR count). The van der Waals surface area contributed by atoms with Crippen molar-refractivity contribution >= 4 is 23.4 Å². The van der Waals surface area contributed by atoms with Gasteiger partial charge in [0.1, 0.15) is 5.69 Å². The van der Waals surface area contributed by atoms with Gasteiger partial charge in [-0.15, -0.1) is 0 Å². The SMILES string of the molecule is Cc1noc(CNC(=O)C2CCN(C(=O)c3cc(Cl)ccn3)CC2)n1. The van der Waals surface area contributed by atoms with Gasteiger partial charge in [-0.05, 0) is 31.9 Å². The van der Waals surface area contributed by atoms with E-state index in [9.17, 15) is 9.59 Å². The predicted octanol–water partition coefficient (Wildman–Crippen LogP) is 1.60. The zero-order valence-corrected chi connectivity index (χ0v) is 14.5. The van der Waals surface area contributed by atoms with Crippen molar-refractivity contribution in [3.8, 4) is 0 Å². The first-order chi connectivity index (χ1) is 12.0. The number of nitrogens with zero attached hydrogens (tertiary/aromatic N) is 4. The molecule has 0 spiro atoms. The highest BCUT2D eigenvalue weighted by molar-refractivity contribution is 6.30. The summed E-state index contributed by atoms with van der Waals surface area (Å²) < 4.78 is 4.96. The van der Waals surface area contributed by atoms with Gasteiger partial charge in [-0.25, -0.2) is 0 Å². The molecule has 0 saturated carbocycles. The Labute approximate surface area is 149 Å². The molecule has 1 aliphatic heterocycles. The van der Waals surface area contributed by atoms with Crippen LogP contribution < -0.4 is 5.32 Å². The van der Waals surface area contributed by atoms with Crippen LogP contribution in [0.1, 0.15) is 35.0 Å². The first-order valence-corrected chi connectivity index (χ1v) is 8.38. The zero-order valence-electron chi connectivity index (χ0n) is 13.7. The second kappa shape index (κ2) is 7.60. The quantitative estimate of drug-likeness (QED) is 0.885. The van der Waals surface area contributed by atoms with E-state index in [4.69, 9.17) is 16.1 Å². The number of halogens is 1. The Morgan fingerprint density at radius 2 is 2.16 bits per heavy atom. The van der Waals surface area contributed by atoms with Crippen LogP contribution in [0.4, 0.5) is 0 Å². The Morgan fingerprint density at radius 1 is 1.40 bits per heavy atom. The van der Waals surface area contributed by atoms with Gasteiger partial charge in [-0.1, -0.05) is 16.8 Å². The van der Waals surface area contributed by atoms with Crippen molar-refractivity contribution < 1.29 is 14.1 Å². The summed E-state index contributed by atoms with van der Waals surface area (Å²) in [5.41, 5.74) is 0.321. The number of aryl methyl sites for hydroxylation is 1. The van der Waals surface area contributed by atoms with Gasteiger partial charge < -0.3 is 14.7 Å². The number of hydrogen-bond acceptors (Lipinski definition) is 6. The maximum absolute atomic E-state index is 12.4. The molecule has 1 aliphatic rings. The highest BCUT2D eigenvalue weighted by Gasteiger charge is 2.28. The summed E-state index contributed by atoms with van der Waals surface area (Å²) in [5, 5.41) is 6.95. The van der Waals surface area contributed by atoms with Gasteiger partial charge in [0.25, 0.3) is 5.91 Å². The van der Waals surface area contributed by atoms with E-state index < -0.39 is 0 Å². The van der Waals surface area contributed by atoms with Crippen molar-refractivity contribution in [2.45, 2.75) is 26.3 Å². The topological polar surface area (TPSA) is 101 Å². The monoisotopic (exact) mass is 363 g/mol. The number of piperidine rings is 1. The second-order valence-electron chi connectivity index (χ2n) is 5.88. The van der Waals surface area contributed by atoms with Gasteiger partial charge in [-0.3, -0.25) is 14.6 Å². The lowest BCUT2D eigenvalue weighted by atomic mass is 9.95. The minimum absolute atomic E-state index is 0.0659. The fourth-order valence-electron chi connectivity index (χ4n) is 2.75. The third-order valence-corrected chi connectivity index (χ3v) is 4.31. The van der Waals surface area contributed by atoms with Gasteiger partial charge in [0.2, 0.25) is 11.8 Å². The molecule has 0 radical (unpaired) electrons. The number of carbonyl (C=O) groups excluding carboxylic acids is 2. The first kappa shape index (κ1) is 17.3. The van der Waals surface area contributed by atoms with Crippen LogP contribution in [-0.2, 0) is 11.3 Å². The summed E-state index contributed by atoms with van der Waals surface area (Å²) >= 11 is 5.90. The van der Waals surface area contributed by atoms with Gasteiger partial charge in [-0.2, -0.15) is 4.98 Å². The molecule has 8 nitrogen and oxygen atoms in total. The van der Waals surface area contributed by atoms with Crippen LogP contribution in [0.2, 0.25) is 5.02 Å². The van der Waals surface area contributed by atoms with Crippen LogP contribution in [0.3, 0.4) is 0 Å². The number of amides is 2. The molecule has 0 atom stereocenters. The van der Waals surface area contributed by atoms with E-state index in [0.29, 0.717) is 48.4 Å². The fraction of sp³-hybridized carbons (Fsp3) is 0.438. The maximum Gasteiger partial charge on any atom is 0.272 e. The Bertz CT molecular complexity index is 771. The van der Waals surface area contributed by atoms with E-state index >= 15 is 0 Å². The molecule has 2 amide bonds. The number of pyridine rings is 1. The third-order valence-electron chi connectivity index (χ3n) is 4.08. The van der Waals surface area contributed by atoms with Crippen molar-refractivity contribution in [1.29, 1.82) is 0 Å². The van der Waals surface area contributed by atoms with E-state index in [0.717, 1.165) is 0 Å². The van der Waals surface area contributed by atoms with E-state index in [1.807, 2.05) is 0 Å². The molecule has 9 heteroatoms. The third kappa shape index (κ3) is 4.33. The van der Waals surface area contributed by atoms with E-state index in [-0.39, 0.29) is 24.3 Å². The molecule has 0 aromatic carbocycles. The Hall–Kier alpha value is -2.48. The minimum Gasteiger partial charge on any atom is -0.347 e. The summed E-state index contributed by atoms with van der Waals surface area (Å²) in [5.74, 6) is 0.545. The molecule has 2 aromatic heterocycles. The van der Waals surface area contributed by atoms with Crippen LogP contribution >= 0.6 is 11.6 Å². The fourth-order valence-corrected chi connectivity index (χ4v) is 2.91. The first-order valence-electron chi connectivity index (χ1n) is 8.00. The molecule has 132 valence electrons. The highest BCUT2D eigenvalue weighted by Crippen LogP contribution is 2.20. The smallest absolute Gasteiger partial charge is 0.272 e. The zero-order chi connectivity index (χ0) is 17.8. The summed E-state index contributed by atoms with van der Waals surface area (Å²) in [7, 11) is 0. The highest BCUT2D eigenvalue weighted by atomic mass is 35.5. The lowest BCUT2D eigenvalue weighted by Crippen LogP contribution is -2.43. The Morgan fingerprint density at radius 3 is 2.80 bits per heavy atom. The Kier molecular flexibility index (Phi) is 5.28. The predicted molar refractivity (Wildman–Crippen MR) is 88.8 cm³/mol. The molecule has 1 fully saturated rings. The normalized spacial score (nSPS) is 15.2. The van der Waals surface area contributed by atoms with Gasteiger partial charge in [0, 0.05) is 30.2 Å². The number of nitrogens with one attached hydrogen (secondary N) is 1. The van der Waals surface area contributed by atoms with E-state index in [2.05, 4.69) is 20.4 Å². The van der Waals surface area contributed by atoms with Crippen molar-refractivity contribution in [1.82, 2.24) is 25.3 Å². The minimum atomic E-state index is -0.164. The average molecular weight is 364 g/mol. The van der Waals surface area contributed by atoms with Crippen LogP contribution in [-0.4, -0.2) is 44.9 Å². The molecule has 0 aliphatic carbocycles. The largest absolute Gasteiger partial charge is 0.347 e. The van der Waals surface area contributed by atoms with Crippen LogP contribution in [0.15, 0.2) is 22.9 Å². The number of carbonyl (C=O) groups is 2. The molecule has 0 bridgehead atoms. The van der Waals surface area contributed by atoms with Crippen molar-refractivity contribution in [2.24, 2.45) is 5.92 Å². The van der Waals surface area contributed by atoms with E-state index in [1.54, 1.807) is 24.0 Å². The van der Waals surface area contributed by atoms with Crippen molar-refractivity contribution in [3.05, 3.63) is 40.8 Å². The van der Waals surface area contributed by atoms with Gasteiger partial charge >= 0.3 is 0 Å². The standard InChI is InChI=1S/C16H18ClN5O3/c1-10-20-14(25-21-10)9-19-15(23)11-3-6-22(7-4-11)16(24)13-8-12(17)2-5-18-13/h2,5,8,11H,3-4,6-7,9H2,1H3,(H,19,23). The molecular weight excluding hydrogens is 346 g/mol. The lowest BCUT2D eigenvalue weighted by Gasteiger charge is -2.31. The number of likely N-dealkylation sites (tertiary alicyclic amines) is 1. The van der Waals surface area contributed by atoms with Crippen molar-refractivity contribution in [2.75, 3.05) is 13.1 Å². The summed E-state index contributed by atoms with van der Waals surface area (Å²) in [6.45, 7) is 2.94. The molecule has 25 heavy (non-hydrogen) atoms. The second-order valence-corrected chi connectivity index (χ2v) is 6.32. The maximum atomic E-state index is 12.4. The summed E-state index contributed by atoms with van der Waals surface area (Å²) in [4.78, 5) is 34.4. The van der Waals surface area contributed by atoms with Crippen LogP contribution in [0, 0.1) is 12.8 Å². The van der Waals surface area contributed by atoms with Crippen LogP contribution in [0.25, 0.3) is 0 Å². The summed E-state index contributed by atoms with van der Waals surface area (Å²) in [6, 6.07) is 3.18. The van der Waals surface area contributed by atoms with Gasteiger partial charge in [0.05, 0.1) is 6.54 Å². The molecule has 1 N–H and O–H groups in total. The average Bonchev–Trinajstić information content (AvgIpc) is 3.04. The molecule has 2 aromatic rings. The summed E-state index contributed by atoms with van der Waals surface area (Å²) in [6.07, 6.45) is 2.71. The van der Waals surface area contributed by atoms with Gasteiger partial charge in [0.15, 0.2) is 5.82 Å². The van der Waals surface area contributed by atoms with Crippen molar-refractivity contribution in [3.63, 3.8) is 0 Å². The number of aromatic nitrogens is 3. The molecular formula is C16H18ClN5O3.